The van der Waals surface area contributed by atoms with Gasteiger partial charge < -0.3 is 5.32 Å². The normalized spacial score (nSPS) is 15.3. The lowest BCUT2D eigenvalue weighted by molar-refractivity contribution is 0.172. The summed E-state index contributed by atoms with van der Waals surface area (Å²) in [6.07, 6.45) is 4.00. The highest BCUT2D eigenvalue weighted by Crippen LogP contribution is 2.22. The van der Waals surface area contributed by atoms with E-state index in [1.165, 1.54) is 43.6 Å². The highest BCUT2D eigenvalue weighted by atomic mass is 35.5. The fraction of sp³-hybridized carbons (Fsp3) is 0.550. The number of aromatic nitrogens is 2. The molecule has 1 fully saturated rings. The molecule has 1 aromatic carbocycles. The van der Waals surface area contributed by atoms with Gasteiger partial charge in [-0.3, -0.25) is 4.90 Å². The second kappa shape index (κ2) is 10.9. The van der Waals surface area contributed by atoms with Crippen LogP contribution in [0.1, 0.15) is 36.2 Å². The Morgan fingerprint density at radius 3 is 2.27 bits per heavy atom. The summed E-state index contributed by atoms with van der Waals surface area (Å²) in [4.78, 5) is 2.59. The summed E-state index contributed by atoms with van der Waals surface area (Å²) in [5.41, 5.74) is 4.80. The van der Waals surface area contributed by atoms with Crippen LogP contribution < -0.4 is 5.32 Å². The third-order valence-electron chi connectivity index (χ3n) is 5.11. The first-order chi connectivity index (χ1) is 11.7. The smallest absolute Gasteiger partial charge is 0.0648 e. The van der Waals surface area contributed by atoms with E-state index in [0.29, 0.717) is 0 Å². The monoisotopic (exact) mass is 398 g/mol. The molecular formula is C20H32Cl2N4. The van der Waals surface area contributed by atoms with E-state index in [1.54, 1.807) is 0 Å². The number of rotatable bonds is 6. The molecule has 3 rings (SSSR count). The fourth-order valence-corrected chi connectivity index (χ4v) is 3.67. The summed E-state index contributed by atoms with van der Waals surface area (Å²) in [5.74, 6) is 0.905. The maximum absolute atomic E-state index is 4.56. The zero-order valence-corrected chi connectivity index (χ0v) is 17.7. The SMILES string of the molecule is CNCCC1CCN(Cc2ccc(-n3nc(C)cc3C)cc2)CC1.Cl.Cl. The second-order valence-electron chi connectivity index (χ2n) is 7.12. The third kappa shape index (κ3) is 5.98. The predicted molar refractivity (Wildman–Crippen MR) is 114 cm³/mol. The van der Waals surface area contributed by atoms with Crippen molar-refractivity contribution in [3.63, 3.8) is 0 Å². The number of halogens is 2. The highest BCUT2D eigenvalue weighted by Gasteiger charge is 2.18. The molecule has 1 aromatic heterocycles. The average Bonchev–Trinajstić information content (AvgIpc) is 2.93. The van der Waals surface area contributed by atoms with E-state index in [2.05, 4.69) is 52.6 Å². The van der Waals surface area contributed by atoms with Crippen LogP contribution in [0.15, 0.2) is 30.3 Å². The molecule has 2 aromatic rings. The molecule has 1 aliphatic rings. The molecule has 1 aliphatic heterocycles. The van der Waals surface area contributed by atoms with E-state index in [0.717, 1.165) is 30.4 Å². The topological polar surface area (TPSA) is 33.1 Å². The molecule has 4 nitrogen and oxygen atoms in total. The first kappa shape index (κ1) is 23.0. The number of hydrogen-bond donors (Lipinski definition) is 1. The minimum absolute atomic E-state index is 0. The molecule has 2 heterocycles. The van der Waals surface area contributed by atoms with E-state index in [-0.39, 0.29) is 24.8 Å². The summed E-state index contributed by atoms with van der Waals surface area (Å²) >= 11 is 0. The second-order valence-corrected chi connectivity index (χ2v) is 7.12. The Morgan fingerprint density at radius 2 is 1.73 bits per heavy atom. The Hall–Kier alpha value is -1.07. The number of benzene rings is 1. The maximum atomic E-state index is 4.56. The molecule has 0 unspecified atom stereocenters. The van der Waals surface area contributed by atoms with Crippen LogP contribution in [-0.2, 0) is 6.54 Å². The third-order valence-corrected chi connectivity index (χ3v) is 5.11. The minimum Gasteiger partial charge on any atom is -0.320 e. The van der Waals surface area contributed by atoms with Crippen LogP contribution >= 0.6 is 24.8 Å². The largest absolute Gasteiger partial charge is 0.320 e. The average molecular weight is 399 g/mol. The maximum Gasteiger partial charge on any atom is 0.0648 e. The van der Waals surface area contributed by atoms with Crippen molar-refractivity contribution in [1.82, 2.24) is 20.0 Å². The molecule has 0 aliphatic carbocycles. The van der Waals surface area contributed by atoms with Gasteiger partial charge in [0.25, 0.3) is 0 Å². The van der Waals surface area contributed by atoms with Crippen molar-refractivity contribution in [2.75, 3.05) is 26.7 Å². The number of hydrogen-bond acceptors (Lipinski definition) is 3. The zero-order chi connectivity index (χ0) is 16.9. The van der Waals surface area contributed by atoms with Crippen molar-refractivity contribution >= 4 is 24.8 Å². The summed E-state index contributed by atoms with van der Waals surface area (Å²) in [6.45, 7) is 8.82. The Labute approximate surface area is 170 Å². The van der Waals surface area contributed by atoms with Crippen LogP contribution in [-0.4, -0.2) is 41.4 Å². The predicted octanol–water partition coefficient (Wildman–Crippen LogP) is 4.15. The molecule has 0 amide bonds. The van der Waals surface area contributed by atoms with Crippen LogP contribution in [0.3, 0.4) is 0 Å². The molecule has 1 N–H and O–H groups in total. The molecule has 26 heavy (non-hydrogen) atoms. The fourth-order valence-electron chi connectivity index (χ4n) is 3.67. The number of likely N-dealkylation sites (tertiary alicyclic amines) is 1. The van der Waals surface area contributed by atoms with Crippen LogP contribution in [0.25, 0.3) is 5.69 Å². The number of piperidine rings is 1. The first-order valence-corrected chi connectivity index (χ1v) is 9.15. The van der Waals surface area contributed by atoms with Crippen LogP contribution in [0.2, 0.25) is 0 Å². The zero-order valence-electron chi connectivity index (χ0n) is 16.1. The Morgan fingerprint density at radius 1 is 1.08 bits per heavy atom. The van der Waals surface area contributed by atoms with Gasteiger partial charge in [0.15, 0.2) is 0 Å². The van der Waals surface area contributed by atoms with Gasteiger partial charge in [0, 0.05) is 12.2 Å². The van der Waals surface area contributed by atoms with Gasteiger partial charge in [0.1, 0.15) is 0 Å². The number of nitrogens with one attached hydrogen (secondary N) is 1. The van der Waals surface area contributed by atoms with Crippen molar-refractivity contribution in [2.45, 2.75) is 39.7 Å². The Balaban J connectivity index is 0.00000169. The quantitative estimate of drug-likeness (QED) is 0.792. The van der Waals surface area contributed by atoms with Gasteiger partial charge in [-0.2, -0.15) is 5.10 Å². The van der Waals surface area contributed by atoms with Crippen molar-refractivity contribution in [1.29, 1.82) is 0 Å². The van der Waals surface area contributed by atoms with Crippen LogP contribution in [0.5, 0.6) is 0 Å². The van der Waals surface area contributed by atoms with E-state index in [1.807, 2.05) is 18.7 Å². The molecule has 0 radical (unpaired) electrons. The number of nitrogens with zero attached hydrogens (tertiary/aromatic N) is 3. The minimum atomic E-state index is 0. The summed E-state index contributed by atoms with van der Waals surface area (Å²) in [7, 11) is 2.05. The van der Waals surface area contributed by atoms with Crippen molar-refractivity contribution in [3.05, 3.63) is 47.3 Å². The van der Waals surface area contributed by atoms with Gasteiger partial charge in [-0.1, -0.05) is 12.1 Å². The first-order valence-electron chi connectivity index (χ1n) is 9.15. The van der Waals surface area contributed by atoms with Crippen molar-refractivity contribution in [3.8, 4) is 5.69 Å². The highest BCUT2D eigenvalue weighted by molar-refractivity contribution is 5.85. The molecule has 0 saturated carbocycles. The van der Waals surface area contributed by atoms with Gasteiger partial charge in [0.2, 0.25) is 0 Å². The summed E-state index contributed by atoms with van der Waals surface area (Å²) in [6, 6.07) is 11.0. The molecule has 0 atom stereocenters. The van der Waals surface area contributed by atoms with Gasteiger partial charge in [-0.25, -0.2) is 4.68 Å². The van der Waals surface area contributed by atoms with Crippen molar-refractivity contribution in [2.24, 2.45) is 5.92 Å². The van der Waals surface area contributed by atoms with E-state index >= 15 is 0 Å². The lowest BCUT2D eigenvalue weighted by Crippen LogP contribution is -2.34. The summed E-state index contributed by atoms with van der Waals surface area (Å²) < 4.78 is 2.02. The van der Waals surface area contributed by atoms with Gasteiger partial charge in [0.05, 0.1) is 11.4 Å². The molecular weight excluding hydrogens is 367 g/mol. The molecule has 146 valence electrons. The molecule has 0 spiro atoms. The van der Waals surface area contributed by atoms with Gasteiger partial charge in [-0.15, -0.1) is 24.8 Å². The summed E-state index contributed by atoms with van der Waals surface area (Å²) in [5, 5.41) is 7.83. The molecule has 1 saturated heterocycles. The molecule has 6 heteroatoms. The Kier molecular flexibility index (Phi) is 9.66. The van der Waals surface area contributed by atoms with Crippen LogP contribution in [0.4, 0.5) is 0 Å². The lowest BCUT2D eigenvalue weighted by Gasteiger charge is -2.32. The van der Waals surface area contributed by atoms with Crippen molar-refractivity contribution < 1.29 is 0 Å². The van der Waals surface area contributed by atoms with Gasteiger partial charge in [-0.05, 0) is 89.5 Å². The van der Waals surface area contributed by atoms with Gasteiger partial charge >= 0.3 is 0 Å². The lowest BCUT2D eigenvalue weighted by atomic mass is 9.93. The number of aryl methyl sites for hydroxylation is 2. The van der Waals surface area contributed by atoms with Crippen LogP contribution in [0, 0.1) is 19.8 Å². The standard InChI is InChI=1S/C20H30N4.2ClH/c1-16-14-17(2)24(22-16)20-6-4-19(5-7-20)15-23-12-9-18(10-13-23)8-11-21-3;;/h4-7,14,18,21H,8-13,15H2,1-3H3;2*1H. The van der Waals surface area contributed by atoms with E-state index in [4.69, 9.17) is 0 Å². The Bertz CT molecular complexity index is 646. The van der Waals surface area contributed by atoms with E-state index < -0.39 is 0 Å². The molecule has 0 bridgehead atoms. The van der Waals surface area contributed by atoms with E-state index in [9.17, 15) is 0 Å².